The highest BCUT2D eigenvalue weighted by Crippen LogP contribution is 2.17. The normalized spacial score (nSPS) is 11.5. The molecule has 0 unspecified atom stereocenters. The first kappa shape index (κ1) is 20.5. The van der Waals surface area contributed by atoms with Crippen LogP contribution in [0.1, 0.15) is 32.7 Å². The molecule has 0 spiro atoms. The third kappa shape index (κ3) is 5.86. The Hall–Kier alpha value is -2.80. The van der Waals surface area contributed by atoms with Crippen molar-refractivity contribution in [2.45, 2.75) is 19.4 Å². The minimum Gasteiger partial charge on any atom is -0.480 e. The van der Waals surface area contributed by atoms with Gasteiger partial charge in [0.1, 0.15) is 6.04 Å². The molecule has 0 fully saturated rings. The van der Waals surface area contributed by atoms with Gasteiger partial charge >= 0.3 is 5.97 Å². The first-order chi connectivity index (χ1) is 12.9. The topological polar surface area (TPSA) is 95.5 Å². The van der Waals surface area contributed by atoms with Gasteiger partial charge in [0.05, 0.1) is 11.3 Å². The summed E-state index contributed by atoms with van der Waals surface area (Å²) in [5.41, 5.74) is 2.05. The zero-order valence-electron chi connectivity index (χ0n) is 15.2. The summed E-state index contributed by atoms with van der Waals surface area (Å²) in [5.74, 6) is -1.35. The van der Waals surface area contributed by atoms with Gasteiger partial charge in [-0.25, -0.2) is 4.79 Å². The molecular weight excluding hydrogens is 364 g/mol. The van der Waals surface area contributed by atoms with E-state index in [4.69, 9.17) is 0 Å². The van der Waals surface area contributed by atoms with Gasteiger partial charge in [0.15, 0.2) is 0 Å². The van der Waals surface area contributed by atoms with Crippen molar-refractivity contribution in [3.05, 3.63) is 65.2 Å². The van der Waals surface area contributed by atoms with Crippen LogP contribution in [0.15, 0.2) is 48.5 Å². The molecule has 0 saturated heterocycles. The number of aryl methyl sites for hydroxylation is 1. The Morgan fingerprint density at radius 2 is 1.70 bits per heavy atom. The average molecular weight is 386 g/mol. The number of rotatable bonds is 8. The number of benzene rings is 2. The van der Waals surface area contributed by atoms with Crippen LogP contribution < -0.4 is 10.6 Å². The van der Waals surface area contributed by atoms with E-state index < -0.39 is 17.9 Å². The van der Waals surface area contributed by atoms with E-state index in [9.17, 15) is 19.5 Å². The van der Waals surface area contributed by atoms with Gasteiger partial charge in [0, 0.05) is 5.56 Å². The Bertz CT molecular complexity index is 821. The van der Waals surface area contributed by atoms with E-state index in [1.165, 1.54) is 11.8 Å². The van der Waals surface area contributed by atoms with E-state index in [-0.39, 0.29) is 11.5 Å². The van der Waals surface area contributed by atoms with Crippen LogP contribution in [0.4, 0.5) is 5.69 Å². The number of carbonyl (C=O) groups is 3. The molecule has 2 aromatic rings. The number of aliphatic carboxylic acids is 1. The van der Waals surface area contributed by atoms with Gasteiger partial charge in [-0.15, -0.1) is 0 Å². The molecule has 0 aliphatic heterocycles. The molecule has 0 aliphatic rings. The third-order valence-corrected chi connectivity index (χ3v) is 4.59. The van der Waals surface area contributed by atoms with Gasteiger partial charge in [-0.3, -0.25) is 9.59 Å². The maximum absolute atomic E-state index is 12.6. The van der Waals surface area contributed by atoms with Crippen LogP contribution in [-0.2, 0) is 4.79 Å². The second kappa shape index (κ2) is 9.78. The van der Waals surface area contributed by atoms with E-state index in [2.05, 4.69) is 10.6 Å². The number of nitrogens with one attached hydrogen (secondary N) is 2. The summed E-state index contributed by atoms with van der Waals surface area (Å²) in [4.78, 5) is 36.4. The fourth-order valence-corrected chi connectivity index (χ4v) is 2.89. The SMILES string of the molecule is CSCC[C@H](NC(=O)c1ccccc1NC(=O)c1ccc(C)cc1)C(=O)O. The number of carboxylic acid groups (broad SMARTS) is 1. The Kier molecular flexibility index (Phi) is 7.43. The highest BCUT2D eigenvalue weighted by Gasteiger charge is 2.22. The van der Waals surface area contributed by atoms with Crippen molar-refractivity contribution in [3.63, 3.8) is 0 Å². The number of amides is 2. The lowest BCUT2D eigenvalue weighted by Gasteiger charge is -2.16. The molecule has 0 radical (unpaired) electrons. The molecule has 7 heteroatoms. The number of carbonyl (C=O) groups excluding carboxylic acids is 2. The number of thioether (sulfide) groups is 1. The predicted molar refractivity (Wildman–Crippen MR) is 107 cm³/mol. The standard InChI is InChI=1S/C20H22N2O4S/c1-13-7-9-14(10-8-13)18(23)21-16-6-4-3-5-15(16)19(24)22-17(20(25)26)11-12-27-2/h3-10,17H,11-12H2,1-2H3,(H,21,23)(H,22,24)(H,25,26)/t17-/m0/s1. The molecule has 3 N–H and O–H groups in total. The van der Waals surface area contributed by atoms with Gasteiger partial charge in [-0.2, -0.15) is 11.8 Å². The fraction of sp³-hybridized carbons (Fsp3) is 0.250. The van der Waals surface area contributed by atoms with Crippen LogP contribution in [0.5, 0.6) is 0 Å². The second-order valence-corrected chi connectivity index (χ2v) is 7.00. The maximum Gasteiger partial charge on any atom is 0.326 e. The number of anilines is 1. The van der Waals surface area contributed by atoms with Gasteiger partial charge in [-0.1, -0.05) is 29.8 Å². The van der Waals surface area contributed by atoms with E-state index in [0.717, 1.165) is 5.56 Å². The van der Waals surface area contributed by atoms with Crippen LogP contribution in [0.2, 0.25) is 0 Å². The first-order valence-corrected chi connectivity index (χ1v) is 9.81. The third-order valence-electron chi connectivity index (χ3n) is 3.95. The quantitative estimate of drug-likeness (QED) is 0.648. The summed E-state index contributed by atoms with van der Waals surface area (Å²) < 4.78 is 0. The lowest BCUT2D eigenvalue weighted by Crippen LogP contribution is -2.41. The number of hydrogen-bond acceptors (Lipinski definition) is 4. The number of para-hydroxylation sites is 1. The molecule has 1 atom stereocenters. The highest BCUT2D eigenvalue weighted by atomic mass is 32.2. The van der Waals surface area contributed by atoms with Gasteiger partial charge < -0.3 is 15.7 Å². The van der Waals surface area contributed by atoms with Crippen LogP contribution >= 0.6 is 11.8 Å². The summed E-state index contributed by atoms with van der Waals surface area (Å²) in [6, 6.07) is 12.6. The first-order valence-electron chi connectivity index (χ1n) is 8.42. The molecule has 0 bridgehead atoms. The molecule has 27 heavy (non-hydrogen) atoms. The molecule has 0 saturated carbocycles. The largest absolute Gasteiger partial charge is 0.480 e. The summed E-state index contributed by atoms with van der Waals surface area (Å²) >= 11 is 1.51. The Morgan fingerprint density at radius 1 is 1.04 bits per heavy atom. The van der Waals surface area contributed by atoms with Crippen molar-refractivity contribution >= 4 is 35.2 Å². The summed E-state index contributed by atoms with van der Waals surface area (Å²) in [5, 5.41) is 14.5. The van der Waals surface area contributed by atoms with E-state index in [1.54, 1.807) is 36.4 Å². The number of carboxylic acids is 1. The monoisotopic (exact) mass is 386 g/mol. The lowest BCUT2D eigenvalue weighted by molar-refractivity contribution is -0.139. The molecule has 142 valence electrons. The Labute approximate surface area is 162 Å². The Balaban J connectivity index is 2.16. The molecule has 6 nitrogen and oxygen atoms in total. The summed E-state index contributed by atoms with van der Waals surface area (Å²) in [6.45, 7) is 1.93. The second-order valence-electron chi connectivity index (χ2n) is 6.01. The van der Waals surface area contributed by atoms with Gasteiger partial charge in [-0.05, 0) is 49.6 Å². The minimum atomic E-state index is -1.08. The fourth-order valence-electron chi connectivity index (χ4n) is 2.42. The van der Waals surface area contributed by atoms with Crippen molar-refractivity contribution in [3.8, 4) is 0 Å². The summed E-state index contributed by atoms with van der Waals surface area (Å²) in [7, 11) is 0. The molecule has 0 heterocycles. The van der Waals surface area contributed by atoms with Crippen molar-refractivity contribution in [1.29, 1.82) is 0 Å². The predicted octanol–water partition coefficient (Wildman–Crippen LogP) is 3.18. The molecule has 2 aromatic carbocycles. The smallest absolute Gasteiger partial charge is 0.326 e. The summed E-state index contributed by atoms with van der Waals surface area (Å²) in [6.07, 6.45) is 2.19. The molecule has 2 rings (SSSR count). The maximum atomic E-state index is 12.6. The van der Waals surface area contributed by atoms with Crippen LogP contribution in [-0.4, -0.2) is 40.9 Å². The van der Waals surface area contributed by atoms with Crippen LogP contribution in [0.3, 0.4) is 0 Å². The molecule has 2 amide bonds. The van der Waals surface area contributed by atoms with Crippen molar-refractivity contribution < 1.29 is 19.5 Å². The molecular formula is C20H22N2O4S. The van der Waals surface area contributed by atoms with Crippen molar-refractivity contribution in [1.82, 2.24) is 5.32 Å². The van der Waals surface area contributed by atoms with Gasteiger partial charge in [0.25, 0.3) is 11.8 Å². The van der Waals surface area contributed by atoms with Gasteiger partial charge in [0.2, 0.25) is 0 Å². The van der Waals surface area contributed by atoms with E-state index in [0.29, 0.717) is 23.4 Å². The lowest BCUT2D eigenvalue weighted by atomic mass is 10.1. The minimum absolute atomic E-state index is 0.216. The molecule has 0 aliphatic carbocycles. The van der Waals surface area contributed by atoms with Crippen LogP contribution in [0.25, 0.3) is 0 Å². The number of hydrogen-bond donors (Lipinski definition) is 3. The van der Waals surface area contributed by atoms with Crippen molar-refractivity contribution in [2.75, 3.05) is 17.3 Å². The van der Waals surface area contributed by atoms with Crippen molar-refractivity contribution in [2.24, 2.45) is 0 Å². The highest BCUT2D eigenvalue weighted by molar-refractivity contribution is 7.98. The zero-order chi connectivity index (χ0) is 19.8. The average Bonchev–Trinajstić information content (AvgIpc) is 2.65. The van der Waals surface area contributed by atoms with E-state index >= 15 is 0 Å². The molecule has 0 aromatic heterocycles. The Morgan fingerprint density at radius 3 is 2.33 bits per heavy atom. The van der Waals surface area contributed by atoms with E-state index in [1.807, 2.05) is 25.3 Å². The zero-order valence-corrected chi connectivity index (χ0v) is 16.0. The van der Waals surface area contributed by atoms with Crippen LogP contribution in [0, 0.1) is 6.92 Å².